The minimum Gasteiger partial charge on any atom is -0.381 e. The molecule has 8 heteroatoms. The van der Waals surface area contributed by atoms with Crippen molar-refractivity contribution in [2.24, 2.45) is 0 Å². The van der Waals surface area contributed by atoms with E-state index in [4.69, 9.17) is 9.72 Å². The summed E-state index contributed by atoms with van der Waals surface area (Å²) < 4.78 is 7.76. The summed E-state index contributed by atoms with van der Waals surface area (Å²) in [5.74, 6) is 2.28. The first-order chi connectivity index (χ1) is 14.3. The predicted molar refractivity (Wildman–Crippen MR) is 113 cm³/mol. The van der Waals surface area contributed by atoms with Gasteiger partial charge in [0.2, 0.25) is 5.95 Å². The van der Waals surface area contributed by atoms with Crippen LogP contribution in [0.25, 0.3) is 11.0 Å². The maximum absolute atomic E-state index is 5.46. The monoisotopic (exact) mass is 393 g/mol. The Morgan fingerprint density at radius 1 is 1.03 bits per heavy atom. The number of aromatic nitrogens is 5. The zero-order valence-electron chi connectivity index (χ0n) is 16.8. The number of fused-ring (bicyclic) bond motifs is 1. The van der Waals surface area contributed by atoms with Crippen molar-refractivity contribution in [1.82, 2.24) is 24.5 Å². The largest absolute Gasteiger partial charge is 0.381 e. The number of pyridine rings is 1. The Labute approximate surface area is 170 Å². The molecule has 8 nitrogen and oxygen atoms in total. The van der Waals surface area contributed by atoms with Crippen molar-refractivity contribution in [3.8, 4) is 0 Å². The van der Waals surface area contributed by atoms with Gasteiger partial charge in [-0.2, -0.15) is 4.98 Å². The third-order valence-electron chi connectivity index (χ3n) is 6.14. The molecule has 3 aromatic rings. The van der Waals surface area contributed by atoms with Crippen molar-refractivity contribution in [2.75, 3.05) is 30.4 Å². The van der Waals surface area contributed by atoms with Gasteiger partial charge in [-0.25, -0.2) is 15.0 Å². The Morgan fingerprint density at radius 2 is 1.86 bits per heavy atom. The minimum absolute atomic E-state index is 0.341. The van der Waals surface area contributed by atoms with Crippen LogP contribution in [0.2, 0.25) is 0 Å². The van der Waals surface area contributed by atoms with Gasteiger partial charge < -0.3 is 19.5 Å². The van der Waals surface area contributed by atoms with Gasteiger partial charge >= 0.3 is 0 Å². The molecule has 0 spiro atoms. The number of ether oxygens (including phenoxy) is 1. The number of hydrogen-bond donors (Lipinski definition) is 1. The summed E-state index contributed by atoms with van der Waals surface area (Å²) in [5, 5.41) is 3.35. The summed E-state index contributed by atoms with van der Waals surface area (Å²) in [4.78, 5) is 20.4. The zero-order chi connectivity index (χ0) is 19.6. The molecule has 1 aliphatic heterocycles. The van der Waals surface area contributed by atoms with Crippen LogP contribution in [0.3, 0.4) is 0 Å². The predicted octanol–water partition coefficient (Wildman–Crippen LogP) is 3.70. The van der Waals surface area contributed by atoms with Gasteiger partial charge in [-0.1, -0.05) is 12.8 Å². The summed E-state index contributed by atoms with van der Waals surface area (Å²) in [5.41, 5.74) is 2.07. The topological polar surface area (TPSA) is 81.0 Å². The molecule has 2 fully saturated rings. The molecule has 4 heterocycles. The van der Waals surface area contributed by atoms with Gasteiger partial charge in [-0.15, -0.1) is 0 Å². The third kappa shape index (κ3) is 3.76. The van der Waals surface area contributed by atoms with Gasteiger partial charge in [0.15, 0.2) is 0 Å². The van der Waals surface area contributed by atoms with E-state index in [1.165, 1.54) is 25.7 Å². The molecule has 152 valence electrons. The molecule has 0 aromatic carbocycles. The first kappa shape index (κ1) is 18.3. The lowest BCUT2D eigenvalue weighted by molar-refractivity contribution is 0.0816. The van der Waals surface area contributed by atoms with Crippen molar-refractivity contribution in [3.63, 3.8) is 0 Å². The van der Waals surface area contributed by atoms with Crippen LogP contribution in [-0.2, 0) is 4.74 Å². The highest BCUT2D eigenvalue weighted by molar-refractivity contribution is 5.78. The van der Waals surface area contributed by atoms with Crippen LogP contribution in [0, 0.1) is 0 Å². The van der Waals surface area contributed by atoms with Gasteiger partial charge in [0.1, 0.15) is 17.2 Å². The number of methoxy groups -OCH3 is 1. The van der Waals surface area contributed by atoms with Crippen LogP contribution in [0.5, 0.6) is 0 Å². The molecule has 0 radical (unpaired) electrons. The second kappa shape index (κ2) is 7.94. The van der Waals surface area contributed by atoms with Crippen molar-refractivity contribution < 1.29 is 4.74 Å². The number of imidazole rings is 1. The highest BCUT2D eigenvalue weighted by atomic mass is 16.5. The fraction of sp³-hybridized carbons (Fsp3) is 0.524. The smallest absolute Gasteiger partial charge is 0.227 e. The molecule has 5 rings (SSSR count). The highest BCUT2D eigenvalue weighted by Gasteiger charge is 2.21. The number of anilines is 3. The SMILES string of the molecule is COC1CCN(c2nccc(Nc3cc4c(cn3)ncn4C3CCCC3)n2)CC1. The van der Waals surface area contributed by atoms with Crippen molar-refractivity contribution in [3.05, 3.63) is 30.9 Å². The molecule has 2 aliphatic rings. The molecule has 3 aromatic heterocycles. The summed E-state index contributed by atoms with van der Waals surface area (Å²) in [7, 11) is 1.78. The lowest BCUT2D eigenvalue weighted by atomic mass is 10.1. The molecule has 1 aliphatic carbocycles. The third-order valence-corrected chi connectivity index (χ3v) is 6.14. The van der Waals surface area contributed by atoms with Gasteiger partial charge in [-0.3, -0.25) is 0 Å². The van der Waals surface area contributed by atoms with E-state index >= 15 is 0 Å². The molecule has 0 atom stereocenters. The Bertz CT molecular complexity index is 974. The van der Waals surface area contributed by atoms with Crippen molar-refractivity contribution in [2.45, 2.75) is 50.7 Å². The van der Waals surface area contributed by atoms with E-state index in [9.17, 15) is 0 Å². The molecule has 1 saturated heterocycles. The van der Waals surface area contributed by atoms with Crippen molar-refractivity contribution >= 4 is 28.6 Å². The van der Waals surface area contributed by atoms with Gasteiger partial charge in [0.25, 0.3) is 0 Å². The van der Waals surface area contributed by atoms with Gasteiger partial charge in [-0.05, 0) is 31.7 Å². The normalized spacial score (nSPS) is 18.6. The van der Waals surface area contributed by atoms with E-state index in [1.807, 2.05) is 18.6 Å². The van der Waals surface area contributed by atoms with Gasteiger partial charge in [0.05, 0.1) is 24.1 Å². The van der Waals surface area contributed by atoms with E-state index in [2.05, 4.69) is 35.8 Å². The van der Waals surface area contributed by atoms with Crippen LogP contribution >= 0.6 is 0 Å². The molecular weight excluding hydrogens is 366 g/mol. The Kier molecular flexibility index (Phi) is 5.01. The molecular formula is C21H27N7O. The number of rotatable bonds is 5. The van der Waals surface area contributed by atoms with Crippen LogP contribution in [-0.4, -0.2) is 50.8 Å². The quantitative estimate of drug-likeness (QED) is 0.708. The number of nitrogens with zero attached hydrogens (tertiary/aromatic N) is 6. The van der Waals surface area contributed by atoms with E-state index in [1.54, 1.807) is 13.3 Å². The Balaban J connectivity index is 1.35. The number of piperidine rings is 1. The fourth-order valence-electron chi connectivity index (χ4n) is 4.47. The van der Waals surface area contributed by atoms with E-state index in [0.717, 1.165) is 54.5 Å². The van der Waals surface area contributed by atoms with Gasteiger partial charge in [0, 0.05) is 38.5 Å². The summed E-state index contributed by atoms with van der Waals surface area (Å²) in [6, 6.07) is 4.51. The minimum atomic E-state index is 0.341. The van der Waals surface area contributed by atoms with Crippen LogP contribution in [0.15, 0.2) is 30.9 Å². The standard InChI is InChI=1S/C21H27N7O/c1-29-16-7-10-27(11-8-16)21-22-9-6-19(26-21)25-20-12-18-17(13-23-20)24-14-28(18)15-4-2-3-5-15/h6,9,12-16H,2-5,7-8,10-11H2,1H3,(H,22,23,25,26). The Hall–Kier alpha value is -2.74. The van der Waals surface area contributed by atoms with E-state index < -0.39 is 0 Å². The molecule has 29 heavy (non-hydrogen) atoms. The van der Waals surface area contributed by atoms with Crippen molar-refractivity contribution in [1.29, 1.82) is 0 Å². The van der Waals surface area contributed by atoms with Crippen LogP contribution < -0.4 is 10.2 Å². The number of nitrogens with one attached hydrogen (secondary N) is 1. The Morgan fingerprint density at radius 3 is 2.66 bits per heavy atom. The second-order valence-electron chi connectivity index (χ2n) is 7.94. The summed E-state index contributed by atoms with van der Waals surface area (Å²) in [6.07, 6.45) is 13.0. The number of hydrogen-bond acceptors (Lipinski definition) is 7. The van der Waals surface area contributed by atoms with Crippen LogP contribution in [0.4, 0.5) is 17.6 Å². The van der Waals surface area contributed by atoms with E-state index in [0.29, 0.717) is 12.1 Å². The maximum Gasteiger partial charge on any atom is 0.227 e. The average Bonchev–Trinajstić information content (AvgIpc) is 3.43. The summed E-state index contributed by atoms with van der Waals surface area (Å²) in [6.45, 7) is 1.82. The summed E-state index contributed by atoms with van der Waals surface area (Å²) >= 11 is 0. The maximum atomic E-state index is 5.46. The average molecular weight is 393 g/mol. The molecule has 0 unspecified atom stereocenters. The van der Waals surface area contributed by atoms with Crippen LogP contribution in [0.1, 0.15) is 44.6 Å². The zero-order valence-corrected chi connectivity index (χ0v) is 16.8. The molecule has 1 saturated carbocycles. The lowest BCUT2D eigenvalue weighted by Gasteiger charge is -2.31. The first-order valence-electron chi connectivity index (χ1n) is 10.5. The second-order valence-corrected chi connectivity index (χ2v) is 7.94. The molecule has 1 N–H and O–H groups in total. The molecule has 0 amide bonds. The first-order valence-corrected chi connectivity index (χ1v) is 10.5. The van der Waals surface area contributed by atoms with E-state index in [-0.39, 0.29) is 0 Å². The molecule has 0 bridgehead atoms. The highest BCUT2D eigenvalue weighted by Crippen LogP contribution is 2.32. The lowest BCUT2D eigenvalue weighted by Crippen LogP contribution is -2.37. The fourth-order valence-corrected chi connectivity index (χ4v) is 4.47.